The zero-order valence-electron chi connectivity index (χ0n) is 14.9. The van der Waals surface area contributed by atoms with Crippen molar-refractivity contribution in [3.05, 3.63) is 46.6 Å². The molecule has 1 saturated heterocycles. The van der Waals surface area contributed by atoms with Gasteiger partial charge in [0.2, 0.25) is 21.8 Å². The Bertz CT molecular complexity index is 845. The largest absolute Gasteiger partial charge is 0.424 e. The number of piperazine rings is 1. The SMILES string of the molecule is CC(C)c1nnc(CN2CCN(S(=O)(=O)Cc3ccccc3Cl)CC2)o1. The third-order valence-corrected chi connectivity index (χ3v) is 6.55. The summed E-state index contributed by atoms with van der Waals surface area (Å²) in [7, 11) is -3.39. The Morgan fingerprint density at radius 2 is 1.85 bits per heavy atom. The highest BCUT2D eigenvalue weighted by molar-refractivity contribution is 7.88. The van der Waals surface area contributed by atoms with Gasteiger partial charge < -0.3 is 4.42 Å². The zero-order valence-corrected chi connectivity index (χ0v) is 16.5. The first-order chi connectivity index (χ1) is 12.3. The first-order valence-electron chi connectivity index (χ1n) is 8.61. The van der Waals surface area contributed by atoms with Gasteiger partial charge in [0.15, 0.2) is 0 Å². The summed E-state index contributed by atoms with van der Waals surface area (Å²) in [6.45, 7) is 6.68. The molecule has 2 heterocycles. The molecule has 9 heteroatoms. The Morgan fingerprint density at radius 3 is 2.46 bits per heavy atom. The van der Waals surface area contributed by atoms with Gasteiger partial charge in [0.1, 0.15) is 0 Å². The number of aromatic nitrogens is 2. The van der Waals surface area contributed by atoms with Crippen LogP contribution in [0.15, 0.2) is 28.7 Å². The van der Waals surface area contributed by atoms with E-state index in [4.69, 9.17) is 16.0 Å². The highest BCUT2D eigenvalue weighted by Gasteiger charge is 2.28. The van der Waals surface area contributed by atoms with E-state index in [0.717, 1.165) is 0 Å². The second kappa shape index (κ2) is 8.04. The number of benzene rings is 1. The fraction of sp³-hybridized carbons (Fsp3) is 0.529. The van der Waals surface area contributed by atoms with Crippen molar-refractivity contribution in [2.75, 3.05) is 26.2 Å². The molecule has 1 aromatic carbocycles. The normalized spacial score (nSPS) is 17.1. The van der Waals surface area contributed by atoms with Crippen LogP contribution in [0.1, 0.15) is 37.1 Å². The molecule has 1 aliphatic heterocycles. The lowest BCUT2D eigenvalue weighted by molar-refractivity contribution is 0.167. The van der Waals surface area contributed by atoms with Gasteiger partial charge in [-0.1, -0.05) is 43.6 Å². The van der Waals surface area contributed by atoms with Crippen molar-refractivity contribution >= 4 is 21.6 Å². The van der Waals surface area contributed by atoms with Crippen LogP contribution in [0.4, 0.5) is 0 Å². The fourth-order valence-corrected chi connectivity index (χ4v) is 4.65. The van der Waals surface area contributed by atoms with E-state index in [9.17, 15) is 8.42 Å². The quantitative estimate of drug-likeness (QED) is 0.743. The Kier molecular flexibility index (Phi) is 5.96. The van der Waals surface area contributed by atoms with Gasteiger partial charge in [-0.2, -0.15) is 4.31 Å². The van der Waals surface area contributed by atoms with Crippen molar-refractivity contribution in [3.8, 4) is 0 Å². The molecule has 0 bridgehead atoms. The Morgan fingerprint density at radius 1 is 1.15 bits per heavy atom. The third-order valence-electron chi connectivity index (χ3n) is 4.36. The summed E-state index contributed by atoms with van der Waals surface area (Å²) < 4.78 is 32.5. The molecule has 0 unspecified atom stereocenters. The van der Waals surface area contributed by atoms with Gasteiger partial charge >= 0.3 is 0 Å². The highest BCUT2D eigenvalue weighted by Crippen LogP contribution is 2.21. The lowest BCUT2D eigenvalue weighted by Crippen LogP contribution is -2.48. The number of sulfonamides is 1. The monoisotopic (exact) mass is 398 g/mol. The second-order valence-electron chi connectivity index (χ2n) is 6.71. The molecular weight excluding hydrogens is 376 g/mol. The lowest BCUT2D eigenvalue weighted by atomic mass is 10.2. The van der Waals surface area contributed by atoms with Crippen molar-refractivity contribution in [2.24, 2.45) is 0 Å². The third kappa shape index (κ3) is 4.62. The summed E-state index contributed by atoms with van der Waals surface area (Å²) in [5.41, 5.74) is 0.628. The van der Waals surface area contributed by atoms with Gasteiger partial charge in [0.25, 0.3) is 0 Å². The van der Waals surface area contributed by atoms with Crippen LogP contribution in [0.3, 0.4) is 0 Å². The number of rotatable bonds is 6. The molecule has 0 saturated carbocycles. The standard InChI is InChI=1S/C17H23ClN4O3S/c1-13(2)17-20-19-16(25-17)11-21-7-9-22(10-8-21)26(23,24)12-14-5-3-4-6-15(14)18/h3-6,13H,7-12H2,1-2H3. The van der Waals surface area contributed by atoms with E-state index in [-0.39, 0.29) is 11.7 Å². The molecule has 0 atom stereocenters. The van der Waals surface area contributed by atoms with Crippen LogP contribution >= 0.6 is 11.6 Å². The summed E-state index contributed by atoms with van der Waals surface area (Å²) >= 11 is 6.09. The molecule has 26 heavy (non-hydrogen) atoms. The zero-order chi connectivity index (χ0) is 18.7. The minimum Gasteiger partial charge on any atom is -0.424 e. The molecule has 142 valence electrons. The summed E-state index contributed by atoms with van der Waals surface area (Å²) in [5, 5.41) is 8.57. The maximum atomic E-state index is 12.7. The van der Waals surface area contributed by atoms with Gasteiger partial charge in [-0.25, -0.2) is 8.42 Å². The van der Waals surface area contributed by atoms with E-state index in [1.165, 1.54) is 4.31 Å². The highest BCUT2D eigenvalue weighted by atomic mass is 35.5. The maximum Gasteiger partial charge on any atom is 0.230 e. The van der Waals surface area contributed by atoms with E-state index in [2.05, 4.69) is 15.1 Å². The number of hydrogen-bond donors (Lipinski definition) is 0. The summed E-state index contributed by atoms with van der Waals surface area (Å²) in [6, 6.07) is 7.04. The van der Waals surface area contributed by atoms with Crippen LogP contribution in [0.2, 0.25) is 5.02 Å². The van der Waals surface area contributed by atoms with Crippen molar-refractivity contribution in [3.63, 3.8) is 0 Å². The summed E-state index contributed by atoms with van der Waals surface area (Å²) in [4.78, 5) is 2.12. The summed E-state index contributed by atoms with van der Waals surface area (Å²) in [5.74, 6) is 1.32. The van der Waals surface area contributed by atoms with Crippen LogP contribution in [-0.2, 0) is 22.3 Å². The van der Waals surface area contributed by atoms with E-state index in [1.54, 1.807) is 24.3 Å². The van der Waals surface area contributed by atoms with E-state index in [0.29, 0.717) is 55.1 Å². The second-order valence-corrected chi connectivity index (χ2v) is 9.09. The van der Waals surface area contributed by atoms with Crippen molar-refractivity contribution < 1.29 is 12.8 Å². The van der Waals surface area contributed by atoms with Gasteiger partial charge in [-0.3, -0.25) is 4.90 Å². The Hall–Kier alpha value is -1.48. The molecule has 0 aliphatic carbocycles. The van der Waals surface area contributed by atoms with Crippen LogP contribution < -0.4 is 0 Å². The van der Waals surface area contributed by atoms with Gasteiger partial charge in [0.05, 0.1) is 12.3 Å². The molecule has 0 amide bonds. The van der Waals surface area contributed by atoms with E-state index < -0.39 is 10.0 Å². The van der Waals surface area contributed by atoms with Crippen LogP contribution in [0, 0.1) is 0 Å². The predicted molar refractivity (Wildman–Crippen MR) is 99.3 cm³/mol. The molecule has 1 fully saturated rings. The van der Waals surface area contributed by atoms with E-state index in [1.807, 2.05) is 13.8 Å². The molecule has 2 aromatic rings. The molecule has 0 radical (unpaired) electrons. The minimum atomic E-state index is -3.39. The van der Waals surface area contributed by atoms with Crippen LogP contribution in [-0.4, -0.2) is 54.0 Å². The topological polar surface area (TPSA) is 79.5 Å². The molecule has 0 spiro atoms. The van der Waals surface area contributed by atoms with Gasteiger partial charge in [-0.05, 0) is 11.6 Å². The average molecular weight is 399 g/mol. The molecule has 0 N–H and O–H groups in total. The molecule has 7 nitrogen and oxygen atoms in total. The number of hydrogen-bond acceptors (Lipinski definition) is 6. The van der Waals surface area contributed by atoms with Crippen LogP contribution in [0.5, 0.6) is 0 Å². The smallest absolute Gasteiger partial charge is 0.230 e. The average Bonchev–Trinajstić information content (AvgIpc) is 3.06. The van der Waals surface area contributed by atoms with Crippen molar-refractivity contribution in [2.45, 2.75) is 32.1 Å². The Labute approximate surface area is 159 Å². The maximum absolute atomic E-state index is 12.7. The van der Waals surface area contributed by atoms with Gasteiger partial charge in [0, 0.05) is 37.1 Å². The molecular formula is C17H23ClN4O3S. The first kappa shape index (κ1) is 19.3. The fourth-order valence-electron chi connectivity index (χ4n) is 2.82. The van der Waals surface area contributed by atoms with E-state index >= 15 is 0 Å². The first-order valence-corrected chi connectivity index (χ1v) is 10.6. The number of nitrogens with zero attached hydrogens (tertiary/aromatic N) is 4. The van der Waals surface area contributed by atoms with Gasteiger partial charge in [-0.15, -0.1) is 10.2 Å². The molecule has 1 aromatic heterocycles. The minimum absolute atomic E-state index is 0.0753. The van der Waals surface area contributed by atoms with Crippen molar-refractivity contribution in [1.29, 1.82) is 0 Å². The predicted octanol–water partition coefficient (Wildman–Crippen LogP) is 2.49. The molecule has 3 rings (SSSR count). The Balaban J connectivity index is 1.56. The van der Waals surface area contributed by atoms with Crippen LogP contribution in [0.25, 0.3) is 0 Å². The summed E-state index contributed by atoms with van der Waals surface area (Å²) in [6.07, 6.45) is 0. The van der Waals surface area contributed by atoms with Crippen molar-refractivity contribution in [1.82, 2.24) is 19.4 Å². The number of halogens is 1. The molecule has 1 aliphatic rings. The lowest BCUT2D eigenvalue weighted by Gasteiger charge is -2.33.